The van der Waals surface area contributed by atoms with Gasteiger partial charge in [0.15, 0.2) is 5.82 Å². The summed E-state index contributed by atoms with van der Waals surface area (Å²) < 4.78 is 0. The largest absolute Gasteiger partial charge is 0.325 e. The van der Waals surface area contributed by atoms with Crippen LogP contribution in [0.4, 0.5) is 5.82 Å². The predicted molar refractivity (Wildman–Crippen MR) is 67.7 cm³/mol. The van der Waals surface area contributed by atoms with Crippen LogP contribution in [0.3, 0.4) is 0 Å². The number of rotatable bonds is 2. The van der Waals surface area contributed by atoms with Crippen LogP contribution in [0.25, 0.3) is 0 Å². The first-order valence-corrected chi connectivity index (χ1v) is 6.48. The summed E-state index contributed by atoms with van der Waals surface area (Å²) in [6.07, 6.45) is 10.4. The van der Waals surface area contributed by atoms with Crippen LogP contribution in [0.5, 0.6) is 0 Å². The summed E-state index contributed by atoms with van der Waals surface area (Å²) in [5.74, 6) is 0.590. The molecule has 2 fully saturated rings. The minimum Gasteiger partial charge on any atom is -0.325 e. The number of hydrogen-bond acceptors (Lipinski definition) is 4. The van der Waals surface area contributed by atoms with Gasteiger partial charge in [0, 0.05) is 17.9 Å². The fourth-order valence-electron chi connectivity index (χ4n) is 3.46. The van der Waals surface area contributed by atoms with E-state index >= 15 is 0 Å². The second kappa shape index (κ2) is 4.02. The van der Waals surface area contributed by atoms with Gasteiger partial charge in [-0.2, -0.15) is 0 Å². The molecule has 2 bridgehead atoms. The normalized spacial score (nSPS) is 34.3. The van der Waals surface area contributed by atoms with E-state index in [0.717, 1.165) is 38.5 Å². The number of carbonyl (C=O) groups excluding carboxylic acids is 1. The molecule has 0 aromatic carbocycles. The van der Waals surface area contributed by atoms with E-state index in [4.69, 9.17) is 5.73 Å². The van der Waals surface area contributed by atoms with E-state index in [-0.39, 0.29) is 16.9 Å². The quantitative estimate of drug-likeness (QED) is 0.828. The highest BCUT2D eigenvalue weighted by Gasteiger charge is 2.53. The maximum absolute atomic E-state index is 12.5. The molecule has 0 aliphatic heterocycles. The van der Waals surface area contributed by atoms with E-state index in [1.165, 1.54) is 0 Å². The van der Waals surface area contributed by atoms with Gasteiger partial charge in [0.1, 0.15) is 0 Å². The van der Waals surface area contributed by atoms with Crippen molar-refractivity contribution in [3.8, 4) is 0 Å². The monoisotopic (exact) mass is 246 g/mol. The number of nitrogens with zero attached hydrogens (tertiary/aromatic N) is 2. The number of fused-ring (bicyclic) bond motifs is 2. The molecule has 2 aliphatic carbocycles. The van der Waals surface area contributed by atoms with E-state index in [0.29, 0.717) is 5.82 Å². The highest BCUT2D eigenvalue weighted by Crippen LogP contribution is 2.52. The molecule has 1 heterocycles. The van der Waals surface area contributed by atoms with E-state index in [1.54, 1.807) is 18.6 Å². The zero-order valence-corrected chi connectivity index (χ0v) is 10.4. The zero-order chi connectivity index (χ0) is 12.6. The van der Waals surface area contributed by atoms with E-state index in [1.807, 2.05) is 0 Å². The van der Waals surface area contributed by atoms with Crippen LogP contribution in [0.15, 0.2) is 18.6 Å². The summed E-state index contributed by atoms with van der Waals surface area (Å²) in [6.45, 7) is 0. The van der Waals surface area contributed by atoms with Gasteiger partial charge < -0.3 is 11.1 Å². The minimum absolute atomic E-state index is 0.0648. The molecule has 2 atom stereocenters. The van der Waals surface area contributed by atoms with Crippen LogP contribution >= 0.6 is 0 Å². The molecular weight excluding hydrogens is 228 g/mol. The van der Waals surface area contributed by atoms with Crippen molar-refractivity contribution in [3.05, 3.63) is 18.6 Å². The average molecular weight is 246 g/mol. The van der Waals surface area contributed by atoms with Crippen LogP contribution < -0.4 is 11.1 Å². The number of anilines is 1. The average Bonchev–Trinajstić information content (AvgIpc) is 2.62. The molecule has 1 aromatic rings. The van der Waals surface area contributed by atoms with Crippen molar-refractivity contribution in [2.75, 3.05) is 5.32 Å². The first-order valence-electron chi connectivity index (χ1n) is 6.48. The van der Waals surface area contributed by atoms with Gasteiger partial charge in [-0.15, -0.1) is 0 Å². The molecule has 2 unspecified atom stereocenters. The molecule has 5 nitrogen and oxygen atoms in total. The molecule has 0 spiro atoms. The van der Waals surface area contributed by atoms with Crippen molar-refractivity contribution >= 4 is 11.7 Å². The van der Waals surface area contributed by atoms with E-state index in [2.05, 4.69) is 15.3 Å². The van der Waals surface area contributed by atoms with Gasteiger partial charge in [-0.25, -0.2) is 4.98 Å². The molecule has 1 aromatic heterocycles. The van der Waals surface area contributed by atoms with Crippen LogP contribution in [-0.2, 0) is 4.79 Å². The second-order valence-corrected chi connectivity index (χ2v) is 5.72. The summed E-state index contributed by atoms with van der Waals surface area (Å²) >= 11 is 0. The van der Waals surface area contributed by atoms with Gasteiger partial charge in [-0.05, 0) is 32.1 Å². The van der Waals surface area contributed by atoms with Gasteiger partial charge >= 0.3 is 0 Å². The van der Waals surface area contributed by atoms with Crippen molar-refractivity contribution in [2.24, 2.45) is 11.1 Å². The molecule has 18 heavy (non-hydrogen) atoms. The molecule has 0 radical (unpaired) electrons. The molecule has 96 valence electrons. The third-order valence-corrected chi connectivity index (χ3v) is 4.41. The number of carbonyl (C=O) groups is 1. The van der Waals surface area contributed by atoms with Crippen molar-refractivity contribution in [2.45, 2.75) is 44.1 Å². The van der Waals surface area contributed by atoms with Crippen LogP contribution in [0.1, 0.15) is 38.5 Å². The lowest BCUT2D eigenvalue weighted by Crippen LogP contribution is -2.45. The fourth-order valence-corrected chi connectivity index (χ4v) is 3.46. The van der Waals surface area contributed by atoms with Gasteiger partial charge in [0.05, 0.1) is 11.6 Å². The Kier molecular flexibility index (Phi) is 2.59. The van der Waals surface area contributed by atoms with Crippen molar-refractivity contribution < 1.29 is 4.79 Å². The topological polar surface area (TPSA) is 80.9 Å². The summed E-state index contributed by atoms with van der Waals surface area (Å²) in [5, 5.41) is 2.88. The van der Waals surface area contributed by atoms with Crippen molar-refractivity contribution in [3.63, 3.8) is 0 Å². The fraction of sp³-hybridized carbons (Fsp3) is 0.615. The molecular formula is C13H18N4O. The van der Waals surface area contributed by atoms with E-state index < -0.39 is 0 Å². The number of aromatic nitrogens is 2. The number of nitrogens with one attached hydrogen (secondary N) is 1. The minimum atomic E-state index is -0.273. The molecule has 0 saturated heterocycles. The summed E-state index contributed by atoms with van der Waals surface area (Å²) in [5.41, 5.74) is 5.92. The Morgan fingerprint density at radius 1 is 1.28 bits per heavy atom. The lowest BCUT2D eigenvalue weighted by atomic mass is 9.72. The molecule has 2 saturated carbocycles. The SMILES string of the molecule is NC12CCCC(C(=O)Nc3cnccn3)(CC1)C2. The Hall–Kier alpha value is -1.49. The first kappa shape index (κ1) is 11.6. The van der Waals surface area contributed by atoms with Gasteiger partial charge in [0.2, 0.25) is 5.91 Å². The highest BCUT2D eigenvalue weighted by atomic mass is 16.2. The van der Waals surface area contributed by atoms with Gasteiger partial charge in [0.25, 0.3) is 0 Å². The van der Waals surface area contributed by atoms with Crippen LogP contribution in [0.2, 0.25) is 0 Å². The van der Waals surface area contributed by atoms with Crippen LogP contribution in [-0.4, -0.2) is 21.4 Å². The highest BCUT2D eigenvalue weighted by molar-refractivity contribution is 5.95. The Morgan fingerprint density at radius 3 is 2.94 bits per heavy atom. The lowest BCUT2D eigenvalue weighted by Gasteiger charge is -2.36. The maximum atomic E-state index is 12.5. The Labute approximate surface area is 106 Å². The lowest BCUT2D eigenvalue weighted by molar-refractivity contribution is -0.126. The Morgan fingerprint density at radius 2 is 2.17 bits per heavy atom. The smallest absolute Gasteiger partial charge is 0.231 e. The van der Waals surface area contributed by atoms with Crippen molar-refractivity contribution in [1.29, 1.82) is 0 Å². The molecule has 2 aliphatic rings. The number of amides is 1. The third-order valence-electron chi connectivity index (χ3n) is 4.41. The third kappa shape index (κ3) is 1.88. The zero-order valence-electron chi connectivity index (χ0n) is 10.4. The van der Waals surface area contributed by atoms with Crippen LogP contribution in [0, 0.1) is 5.41 Å². The van der Waals surface area contributed by atoms with Gasteiger partial charge in [-0.1, -0.05) is 6.42 Å². The van der Waals surface area contributed by atoms with Gasteiger partial charge in [-0.3, -0.25) is 9.78 Å². The maximum Gasteiger partial charge on any atom is 0.231 e. The Bertz CT molecular complexity index is 463. The molecule has 1 amide bonds. The standard InChI is InChI=1S/C13H18N4O/c14-13-3-1-2-12(9-13,4-5-13)11(18)17-10-8-15-6-7-16-10/h6-8H,1-5,9,14H2,(H,16,17,18). The summed E-state index contributed by atoms with van der Waals surface area (Å²) in [7, 11) is 0. The number of hydrogen-bond donors (Lipinski definition) is 2. The van der Waals surface area contributed by atoms with Crippen molar-refractivity contribution in [1.82, 2.24) is 9.97 Å². The first-order chi connectivity index (χ1) is 8.62. The molecule has 3 N–H and O–H groups in total. The summed E-state index contributed by atoms with van der Waals surface area (Å²) in [4.78, 5) is 20.5. The van der Waals surface area contributed by atoms with E-state index in [9.17, 15) is 4.79 Å². The predicted octanol–water partition coefficient (Wildman–Crippen LogP) is 1.47. The summed E-state index contributed by atoms with van der Waals surface area (Å²) in [6, 6.07) is 0. The second-order valence-electron chi connectivity index (χ2n) is 5.72. The Balaban J connectivity index is 1.77. The number of nitrogens with two attached hydrogens (primary N) is 1. The molecule has 5 heteroatoms. The molecule has 3 rings (SSSR count).